The van der Waals surface area contributed by atoms with E-state index < -0.39 is 0 Å². The largest absolute Gasteiger partial charge is 0.384 e. The van der Waals surface area contributed by atoms with Gasteiger partial charge in [-0.25, -0.2) is 0 Å². The third-order valence-electron chi connectivity index (χ3n) is 2.96. The summed E-state index contributed by atoms with van der Waals surface area (Å²) in [5.41, 5.74) is 2.72. The molecule has 2 N–H and O–H groups in total. The fourth-order valence-corrected chi connectivity index (χ4v) is 1.90. The molecule has 0 aliphatic carbocycles. The van der Waals surface area contributed by atoms with Gasteiger partial charge in [0.2, 0.25) is 5.91 Å². The lowest BCUT2D eigenvalue weighted by Gasteiger charge is -2.05. The first-order valence-corrected chi connectivity index (χ1v) is 6.81. The maximum Gasteiger partial charge on any atom is 0.224 e. The van der Waals surface area contributed by atoms with Crippen LogP contribution in [0.4, 0.5) is 5.69 Å². The summed E-state index contributed by atoms with van der Waals surface area (Å²) in [4.78, 5) is 11.9. The maximum absolute atomic E-state index is 11.9. The zero-order valence-electron chi connectivity index (χ0n) is 11.7. The molecule has 21 heavy (non-hydrogen) atoms. The molecule has 106 valence electrons. The molecule has 0 aromatic heterocycles. The van der Waals surface area contributed by atoms with E-state index in [9.17, 15) is 4.79 Å². The van der Waals surface area contributed by atoms with Gasteiger partial charge in [-0.05, 0) is 36.2 Å². The van der Waals surface area contributed by atoms with Crippen LogP contribution in [0.2, 0.25) is 0 Å². The second-order valence-electron chi connectivity index (χ2n) is 4.57. The lowest BCUT2D eigenvalue weighted by molar-refractivity contribution is -0.116. The Bertz CT molecular complexity index is 636. The Kier molecular flexibility index (Phi) is 5.57. The number of aryl methyl sites for hydroxylation is 1. The number of aliphatic hydroxyl groups is 1. The van der Waals surface area contributed by atoms with Crippen LogP contribution in [-0.2, 0) is 11.2 Å². The van der Waals surface area contributed by atoms with E-state index in [1.54, 1.807) is 0 Å². The van der Waals surface area contributed by atoms with Gasteiger partial charge >= 0.3 is 0 Å². The smallest absolute Gasteiger partial charge is 0.224 e. The minimum Gasteiger partial charge on any atom is -0.384 e. The molecule has 0 saturated carbocycles. The van der Waals surface area contributed by atoms with Gasteiger partial charge in [-0.1, -0.05) is 42.2 Å². The minimum atomic E-state index is -0.155. The lowest BCUT2D eigenvalue weighted by atomic mass is 10.1. The molecule has 2 aromatic rings. The number of nitrogens with one attached hydrogen (secondary N) is 1. The molecule has 2 aromatic carbocycles. The van der Waals surface area contributed by atoms with Gasteiger partial charge in [-0.2, -0.15) is 0 Å². The minimum absolute atomic E-state index is 0.00644. The summed E-state index contributed by atoms with van der Waals surface area (Å²) in [6.07, 6.45) is 1.18. The summed E-state index contributed by atoms with van der Waals surface area (Å²) < 4.78 is 0. The van der Waals surface area contributed by atoms with Crippen LogP contribution in [0.1, 0.15) is 17.5 Å². The number of benzene rings is 2. The Hall–Kier alpha value is -2.57. The Morgan fingerprint density at radius 1 is 1.05 bits per heavy atom. The SMILES string of the molecule is O=C(CCc1ccccc1)Nc1ccc(C#CCO)cc1. The number of aliphatic hydroxyl groups excluding tert-OH is 1. The summed E-state index contributed by atoms with van der Waals surface area (Å²) in [6, 6.07) is 17.2. The molecule has 0 fully saturated rings. The first kappa shape index (κ1) is 14.8. The van der Waals surface area contributed by atoms with Crippen LogP contribution in [0.3, 0.4) is 0 Å². The molecule has 0 radical (unpaired) electrons. The number of amides is 1. The van der Waals surface area contributed by atoms with E-state index >= 15 is 0 Å². The van der Waals surface area contributed by atoms with Crippen molar-refractivity contribution in [1.29, 1.82) is 0 Å². The predicted molar refractivity (Wildman–Crippen MR) is 83.8 cm³/mol. The van der Waals surface area contributed by atoms with Crippen molar-refractivity contribution in [3.8, 4) is 11.8 Å². The predicted octanol–water partition coefficient (Wildman–Crippen LogP) is 2.60. The normalized spacial score (nSPS) is 9.57. The molecule has 0 spiro atoms. The van der Waals surface area contributed by atoms with E-state index in [4.69, 9.17) is 5.11 Å². The number of hydrogen-bond acceptors (Lipinski definition) is 2. The van der Waals surface area contributed by atoms with Crippen molar-refractivity contribution in [2.24, 2.45) is 0 Å². The first-order chi connectivity index (χ1) is 10.3. The molecule has 0 bridgehead atoms. The van der Waals surface area contributed by atoms with Gasteiger partial charge < -0.3 is 10.4 Å². The molecule has 2 rings (SSSR count). The van der Waals surface area contributed by atoms with E-state index in [0.717, 1.165) is 23.2 Å². The van der Waals surface area contributed by atoms with Gasteiger partial charge in [0.15, 0.2) is 0 Å². The number of anilines is 1. The van der Waals surface area contributed by atoms with Crippen molar-refractivity contribution in [2.45, 2.75) is 12.8 Å². The zero-order valence-corrected chi connectivity index (χ0v) is 11.7. The Labute approximate surface area is 124 Å². The molecule has 0 aliphatic heterocycles. The second kappa shape index (κ2) is 7.88. The Balaban J connectivity index is 1.85. The maximum atomic E-state index is 11.9. The van der Waals surface area contributed by atoms with Crippen LogP contribution in [0, 0.1) is 11.8 Å². The van der Waals surface area contributed by atoms with Crippen LogP contribution in [0.25, 0.3) is 0 Å². The Morgan fingerprint density at radius 2 is 1.76 bits per heavy atom. The van der Waals surface area contributed by atoms with Gasteiger partial charge in [-0.15, -0.1) is 0 Å². The molecule has 3 nitrogen and oxygen atoms in total. The molecule has 0 saturated heterocycles. The number of carbonyl (C=O) groups is 1. The van der Waals surface area contributed by atoms with E-state index in [-0.39, 0.29) is 12.5 Å². The Morgan fingerprint density at radius 3 is 2.43 bits per heavy atom. The molecule has 0 aliphatic rings. The number of hydrogen-bond donors (Lipinski definition) is 2. The number of carbonyl (C=O) groups excluding carboxylic acids is 1. The molecular formula is C18H17NO2. The quantitative estimate of drug-likeness (QED) is 0.845. The van der Waals surface area contributed by atoms with Crippen LogP contribution >= 0.6 is 0 Å². The summed E-state index contributed by atoms with van der Waals surface area (Å²) in [7, 11) is 0. The topological polar surface area (TPSA) is 49.3 Å². The van der Waals surface area contributed by atoms with E-state index in [1.807, 2.05) is 54.6 Å². The third-order valence-corrected chi connectivity index (χ3v) is 2.96. The van der Waals surface area contributed by atoms with Gasteiger partial charge in [0.1, 0.15) is 6.61 Å². The first-order valence-electron chi connectivity index (χ1n) is 6.81. The highest BCUT2D eigenvalue weighted by atomic mass is 16.2. The van der Waals surface area contributed by atoms with Gasteiger partial charge in [-0.3, -0.25) is 4.79 Å². The lowest BCUT2D eigenvalue weighted by Crippen LogP contribution is -2.12. The van der Waals surface area contributed by atoms with Gasteiger partial charge in [0, 0.05) is 17.7 Å². The molecule has 0 unspecified atom stereocenters. The fourth-order valence-electron chi connectivity index (χ4n) is 1.90. The van der Waals surface area contributed by atoms with Crippen molar-refractivity contribution in [3.05, 3.63) is 65.7 Å². The van der Waals surface area contributed by atoms with Crippen LogP contribution < -0.4 is 5.32 Å². The highest BCUT2D eigenvalue weighted by Gasteiger charge is 2.03. The van der Waals surface area contributed by atoms with Crippen molar-refractivity contribution < 1.29 is 9.90 Å². The van der Waals surface area contributed by atoms with Crippen molar-refractivity contribution in [1.82, 2.24) is 0 Å². The highest BCUT2D eigenvalue weighted by Crippen LogP contribution is 2.10. The second-order valence-corrected chi connectivity index (χ2v) is 4.57. The zero-order chi connectivity index (χ0) is 14.9. The number of rotatable bonds is 4. The van der Waals surface area contributed by atoms with Gasteiger partial charge in [0.05, 0.1) is 0 Å². The highest BCUT2D eigenvalue weighted by molar-refractivity contribution is 5.90. The van der Waals surface area contributed by atoms with Gasteiger partial charge in [0.25, 0.3) is 0 Å². The summed E-state index contributed by atoms with van der Waals surface area (Å²) >= 11 is 0. The standard InChI is InChI=1S/C18H17NO2/c20-14-4-7-16-8-11-17(12-9-16)19-18(21)13-10-15-5-2-1-3-6-15/h1-3,5-6,8-9,11-12,20H,10,13-14H2,(H,19,21). The van der Waals surface area contributed by atoms with Crippen molar-refractivity contribution in [2.75, 3.05) is 11.9 Å². The van der Waals surface area contributed by atoms with E-state index in [2.05, 4.69) is 17.2 Å². The van der Waals surface area contributed by atoms with E-state index in [0.29, 0.717) is 6.42 Å². The molecule has 0 atom stereocenters. The average molecular weight is 279 g/mol. The molecule has 0 heterocycles. The average Bonchev–Trinajstić information content (AvgIpc) is 2.53. The third kappa shape index (κ3) is 5.13. The molecular weight excluding hydrogens is 262 g/mol. The van der Waals surface area contributed by atoms with Crippen LogP contribution in [0.15, 0.2) is 54.6 Å². The summed E-state index contributed by atoms with van der Waals surface area (Å²) in [6.45, 7) is -0.155. The van der Waals surface area contributed by atoms with Crippen molar-refractivity contribution >= 4 is 11.6 Å². The molecule has 1 amide bonds. The summed E-state index contributed by atoms with van der Waals surface area (Å²) in [5.74, 6) is 5.38. The monoisotopic (exact) mass is 279 g/mol. The van der Waals surface area contributed by atoms with Crippen LogP contribution in [0.5, 0.6) is 0 Å². The molecule has 3 heteroatoms. The van der Waals surface area contributed by atoms with Crippen molar-refractivity contribution in [3.63, 3.8) is 0 Å². The fraction of sp³-hybridized carbons (Fsp3) is 0.167. The van der Waals surface area contributed by atoms with Crippen LogP contribution in [-0.4, -0.2) is 17.6 Å². The van der Waals surface area contributed by atoms with E-state index in [1.165, 1.54) is 0 Å². The summed E-state index contributed by atoms with van der Waals surface area (Å²) in [5, 5.41) is 11.5.